The summed E-state index contributed by atoms with van der Waals surface area (Å²) in [5.41, 5.74) is 0. The maximum atomic E-state index is 5.70. The van der Waals surface area contributed by atoms with Crippen molar-refractivity contribution in [1.82, 2.24) is 19.9 Å². The highest BCUT2D eigenvalue weighted by Crippen LogP contribution is 2.17. The van der Waals surface area contributed by atoms with Gasteiger partial charge in [-0.25, -0.2) is 0 Å². The van der Waals surface area contributed by atoms with Crippen LogP contribution < -0.4 is 5.32 Å². The lowest BCUT2D eigenvalue weighted by Gasteiger charge is -2.22. The molecular weight excluding hydrogens is 261 g/mol. The van der Waals surface area contributed by atoms with E-state index >= 15 is 0 Å². The molecule has 1 N–H and O–H groups in total. The molecule has 1 aromatic rings. The zero-order valence-corrected chi connectivity index (χ0v) is 11.2. The minimum Gasteiger partial charge on any atom is -0.352 e. The Kier molecular flexibility index (Phi) is 4.36. The molecule has 1 unspecified atom stereocenters. The molecule has 1 saturated heterocycles. The van der Waals surface area contributed by atoms with E-state index in [-0.39, 0.29) is 10.6 Å². The first kappa shape index (κ1) is 12.8. The van der Waals surface area contributed by atoms with Crippen molar-refractivity contribution in [3.05, 3.63) is 10.6 Å². The molecule has 2 rings (SSSR count). The third kappa shape index (κ3) is 3.40. The molecule has 17 heavy (non-hydrogen) atoms. The number of likely N-dealkylation sites (tertiary alicyclic amines) is 1. The third-order valence-electron chi connectivity index (χ3n) is 2.98. The Labute approximate surface area is 111 Å². The Morgan fingerprint density at radius 2 is 2.00 bits per heavy atom. The van der Waals surface area contributed by atoms with Gasteiger partial charge >= 0.3 is 0 Å². The molecular formula is C10H15Cl2N5. The number of nitrogens with zero attached hydrogens (tertiary/aromatic N) is 4. The van der Waals surface area contributed by atoms with Crippen molar-refractivity contribution in [2.24, 2.45) is 0 Å². The van der Waals surface area contributed by atoms with Gasteiger partial charge in [0.05, 0.1) is 0 Å². The van der Waals surface area contributed by atoms with Gasteiger partial charge in [0.2, 0.25) is 16.5 Å². The number of halogens is 2. The molecule has 1 fully saturated rings. The molecule has 0 aliphatic carbocycles. The van der Waals surface area contributed by atoms with Gasteiger partial charge in [-0.3, -0.25) is 4.90 Å². The molecule has 1 aliphatic heterocycles. The highest BCUT2D eigenvalue weighted by Gasteiger charge is 2.22. The van der Waals surface area contributed by atoms with Crippen LogP contribution in [0.1, 0.15) is 19.8 Å². The number of hydrogen-bond donors (Lipinski definition) is 1. The number of hydrogen-bond acceptors (Lipinski definition) is 5. The van der Waals surface area contributed by atoms with Crippen LogP contribution in [0.25, 0.3) is 0 Å². The predicted octanol–water partition coefficient (Wildman–Crippen LogP) is 2.07. The largest absolute Gasteiger partial charge is 0.352 e. The first-order valence-electron chi connectivity index (χ1n) is 5.74. The van der Waals surface area contributed by atoms with Crippen molar-refractivity contribution in [3.63, 3.8) is 0 Å². The van der Waals surface area contributed by atoms with Crippen LogP contribution in [0, 0.1) is 0 Å². The van der Waals surface area contributed by atoms with E-state index in [2.05, 4.69) is 32.1 Å². The summed E-state index contributed by atoms with van der Waals surface area (Å²) in [4.78, 5) is 14.1. The minimum atomic E-state index is 0.117. The number of anilines is 1. The highest BCUT2D eigenvalue weighted by atomic mass is 35.5. The van der Waals surface area contributed by atoms with E-state index in [1.807, 2.05) is 0 Å². The van der Waals surface area contributed by atoms with Gasteiger partial charge in [-0.05, 0) is 49.1 Å². The van der Waals surface area contributed by atoms with Gasteiger partial charge < -0.3 is 5.32 Å². The number of nitrogens with one attached hydrogen (secondary N) is 1. The molecule has 0 bridgehead atoms. The average molecular weight is 276 g/mol. The standard InChI is InChI=1S/C10H15Cl2N5/c1-2-17-5-3-4-7(17)6-13-10-15-8(11)14-9(12)16-10/h7H,2-6H2,1H3,(H,13,14,15,16). The van der Waals surface area contributed by atoms with Crippen molar-refractivity contribution < 1.29 is 0 Å². The van der Waals surface area contributed by atoms with Crippen molar-refractivity contribution in [1.29, 1.82) is 0 Å². The Balaban J connectivity index is 1.93. The van der Waals surface area contributed by atoms with E-state index < -0.39 is 0 Å². The molecule has 1 aliphatic rings. The second-order valence-electron chi connectivity index (χ2n) is 4.00. The maximum absolute atomic E-state index is 5.70. The van der Waals surface area contributed by atoms with E-state index in [1.54, 1.807) is 0 Å². The molecule has 5 nitrogen and oxygen atoms in total. The smallest absolute Gasteiger partial charge is 0.228 e. The van der Waals surface area contributed by atoms with Gasteiger partial charge in [-0.2, -0.15) is 15.0 Å². The van der Waals surface area contributed by atoms with Gasteiger partial charge in [0, 0.05) is 12.6 Å². The van der Waals surface area contributed by atoms with Gasteiger partial charge in [0.1, 0.15) is 0 Å². The normalized spacial score (nSPS) is 20.8. The monoisotopic (exact) mass is 275 g/mol. The van der Waals surface area contributed by atoms with Crippen LogP contribution >= 0.6 is 23.2 Å². The van der Waals surface area contributed by atoms with E-state index in [9.17, 15) is 0 Å². The summed E-state index contributed by atoms with van der Waals surface area (Å²) in [6.45, 7) is 5.23. The number of aromatic nitrogens is 3. The fraction of sp³-hybridized carbons (Fsp3) is 0.700. The van der Waals surface area contributed by atoms with Crippen molar-refractivity contribution in [2.45, 2.75) is 25.8 Å². The average Bonchev–Trinajstić information content (AvgIpc) is 2.72. The minimum absolute atomic E-state index is 0.117. The van der Waals surface area contributed by atoms with E-state index in [0.29, 0.717) is 12.0 Å². The lowest BCUT2D eigenvalue weighted by Crippen LogP contribution is -2.34. The fourth-order valence-electron chi connectivity index (χ4n) is 2.16. The summed E-state index contributed by atoms with van der Waals surface area (Å²) in [6, 6.07) is 0.536. The topological polar surface area (TPSA) is 53.9 Å². The molecule has 1 aromatic heterocycles. The van der Waals surface area contributed by atoms with Crippen LogP contribution in [0.4, 0.5) is 5.95 Å². The van der Waals surface area contributed by atoms with Crippen molar-refractivity contribution in [2.75, 3.05) is 25.0 Å². The van der Waals surface area contributed by atoms with Gasteiger partial charge in [-0.15, -0.1) is 0 Å². The molecule has 0 amide bonds. The van der Waals surface area contributed by atoms with Gasteiger partial charge in [0.25, 0.3) is 0 Å². The SMILES string of the molecule is CCN1CCCC1CNc1nc(Cl)nc(Cl)n1. The van der Waals surface area contributed by atoms with E-state index in [0.717, 1.165) is 13.1 Å². The summed E-state index contributed by atoms with van der Waals surface area (Å²) < 4.78 is 0. The predicted molar refractivity (Wildman–Crippen MR) is 68.6 cm³/mol. The molecule has 0 spiro atoms. The molecule has 0 saturated carbocycles. The van der Waals surface area contributed by atoms with Crippen LogP contribution in [0.2, 0.25) is 10.6 Å². The second kappa shape index (κ2) is 5.80. The summed E-state index contributed by atoms with van der Waals surface area (Å²) in [5.74, 6) is 0.443. The first-order valence-corrected chi connectivity index (χ1v) is 6.49. The summed E-state index contributed by atoms with van der Waals surface area (Å²) in [6.07, 6.45) is 2.45. The first-order chi connectivity index (χ1) is 8.19. The molecule has 0 aromatic carbocycles. The van der Waals surface area contributed by atoms with Crippen LogP contribution in [-0.2, 0) is 0 Å². The quantitative estimate of drug-likeness (QED) is 0.912. The van der Waals surface area contributed by atoms with E-state index in [1.165, 1.54) is 19.4 Å². The lowest BCUT2D eigenvalue weighted by molar-refractivity contribution is 0.277. The van der Waals surface area contributed by atoms with Gasteiger partial charge in [-0.1, -0.05) is 6.92 Å². The number of rotatable bonds is 4. The zero-order valence-electron chi connectivity index (χ0n) is 9.66. The van der Waals surface area contributed by atoms with E-state index in [4.69, 9.17) is 23.2 Å². The summed E-state index contributed by atoms with van der Waals surface area (Å²) in [7, 11) is 0. The Morgan fingerprint density at radius 1 is 1.29 bits per heavy atom. The molecule has 94 valence electrons. The van der Waals surface area contributed by atoms with Crippen LogP contribution in [0.15, 0.2) is 0 Å². The van der Waals surface area contributed by atoms with Crippen LogP contribution in [-0.4, -0.2) is 45.5 Å². The van der Waals surface area contributed by atoms with Crippen LogP contribution in [0.3, 0.4) is 0 Å². The fourth-order valence-corrected chi connectivity index (χ4v) is 2.52. The van der Waals surface area contributed by atoms with Crippen molar-refractivity contribution >= 4 is 29.2 Å². The number of likely N-dealkylation sites (N-methyl/N-ethyl adjacent to an activating group) is 1. The summed E-state index contributed by atoms with van der Waals surface area (Å²) in [5, 5.41) is 3.39. The molecule has 7 heteroatoms. The van der Waals surface area contributed by atoms with Crippen LogP contribution in [0.5, 0.6) is 0 Å². The maximum Gasteiger partial charge on any atom is 0.228 e. The highest BCUT2D eigenvalue weighted by molar-refractivity contribution is 6.31. The Morgan fingerprint density at radius 3 is 2.65 bits per heavy atom. The van der Waals surface area contributed by atoms with Gasteiger partial charge in [0.15, 0.2) is 0 Å². The van der Waals surface area contributed by atoms with Crippen molar-refractivity contribution in [3.8, 4) is 0 Å². The molecule has 1 atom stereocenters. The summed E-state index contributed by atoms with van der Waals surface area (Å²) >= 11 is 11.4. The molecule has 0 radical (unpaired) electrons. The second-order valence-corrected chi connectivity index (χ2v) is 4.68. The third-order valence-corrected chi connectivity index (χ3v) is 3.32. The molecule has 2 heterocycles. The Bertz CT molecular complexity index is 367. The lowest BCUT2D eigenvalue weighted by atomic mass is 10.2. The zero-order chi connectivity index (χ0) is 12.3. The Hall–Kier alpha value is -0.650.